The molecule has 1 radical (unpaired) electrons. The van der Waals surface area contributed by atoms with E-state index in [2.05, 4.69) is 18.2 Å². The van der Waals surface area contributed by atoms with E-state index >= 15 is 0 Å². The Labute approximate surface area is 164 Å². The molecule has 5 heteroatoms. The van der Waals surface area contributed by atoms with Gasteiger partial charge in [0.05, 0.1) is 19.8 Å². The molecule has 1 aliphatic heterocycles. The summed E-state index contributed by atoms with van der Waals surface area (Å²) in [5.41, 5.74) is 0. The van der Waals surface area contributed by atoms with E-state index in [0.717, 1.165) is 29.4 Å². The molecule has 1 saturated heterocycles. The molecular weight excluding hydrogens is 372 g/mol. The number of rotatable bonds is 4. The molecule has 2 aromatic rings. The van der Waals surface area contributed by atoms with Crippen LogP contribution in [0.4, 0.5) is 0 Å². The summed E-state index contributed by atoms with van der Waals surface area (Å²) >= 11 is 0. The minimum Gasteiger partial charge on any atom is -0.490 e. The summed E-state index contributed by atoms with van der Waals surface area (Å²) in [6, 6.07) is 12.5. The van der Waals surface area contributed by atoms with Crippen molar-refractivity contribution in [2.24, 2.45) is 0 Å². The first-order chi connectivity index (χ1) is 13.0. The average Bonchev–Trinajstić information content (AvgIpc) is 2.68. The van der Waals surface area contributed by atoms with Crippen LogP contribution in [0.3, 0.4) is 0 Å². The van der Waals surface area contributed by atoms with Crippen LogP contribution in [0.15, 0.2) is 35.2 Å². The Morgan fingerprint density at radius 3 is 2.33 bits per heavy atom. The third-order valence-electron chi connectivity index (χ3n) is 6.05. The van der Waals surface area contributed by atoms with Crippen LogP contribution in [-0.2, 0) is 9.84 Å². The first kappa shape index (κ1) is 19.0. The Kier molecular flexibility index (Phi) is 5.60. The van der Waals surface area contributed by atoms with Crippen molar-refractivity contribution in [2.75, 3.05) is 6.26 Å². The predicted molar refractivity (Wildman–Crippen MR) is 113 cm³/mol. The van der Waals surface area contributed by atoms with E-state index in [9.17, 15) is 8.42 Å². The lowest BCUT2D eigenvalue weighted by molar-refractivity contribution is 0.157. The first-order valence-electron chi connectivity index (χ1n) is 10.3. The van der Waals surface area contributed by atoms with Crippen molar-refractivity contribution >= 4 is 34.6 Å². The summed E-state index contributed by atoms with van der Waals surface area (Å²) < 4.78 is 31.5. The van der Waals surface area contributed by atoms with Gasteiger partial charge in [0.15, 0.2) is 9.84 Å². The van der Waals surface area contributed by atoms with Crippen molar-refractivity contribution in [3.05, 3.63) is 30.3 Å². The van der Waals surface area contributed by atoms with Gasteiger partial charge in [0.25, 0.3) is 0 Å². The lowest BCUT2D eigenvalue weighted by Gasteiger charge is -2.26. The van der Waals surface area contributed by atoms with Crippen LogP contribution in [0, 0.1) is 0 Å². The number of benzene rings is 2. The van der Waals surface area contributed by atoms with Crippen molar-refractivity contribution in [3.63, 3.8) is 0 Å². The SMILES string of the molecule is CS(=O)(=O)c1cccc2c(OC3CCCCC3)ccc([Si]3CCCCC3)c12. The second-order valence-electron chi connectivity index (χ2n) is 8.10. The second-order valence-corrected chi connectivity index (χ2v) is 12.8. The van der Waals surface area contributed by atoms with Gasteiger partial charge in [-0.25, -0.2) is 8.42 Å². The molecule has 0 N–H and O–H groups in total. The predicted octanol–water partition coefficient (Wildman–Crippen LogP) is 4.84. The topological polar surface area (TPSA) is 43.4 Å². The molecule has 1 heterocycles. The molecule has 3 nitrogen and oxygen atoms in total. The summed E-state index contributed by atoms with van der Waals surface area (Å²) in [6.07, 6.45) is 11.4. The third kappa shape index (κ3) is 4.09. The van der Waals surface area contributed by atoms with E-state index in [0.29, 0.717) is 4.90 Å². The van der Waals surface area contributed by atoms with Crippen LogP contribution in [0.2, 0.25) is 12.1 Å². The minimum atomic E-state index is -3.28. The fourth-order valence-electron chi connectivity index (χ4n) is 4.66. The fraction of sp³-hybridized carbons (Fsp3) is 0.545. The fourth-order valence-corrected chi connectivity index (χ4v) is 8.75. The minimum absolute atomic E-state index is 0.262. The van der Waals surface area contributed by atoms with E-state index in [1.807, 2.05) is 6.07 Å². The van der Waals surface area contributed by atoms with Gasteiger partial charge in [-0.1, -0.05) is 61.2 Å². The highest BCUT2D eigenvalue weighted by Gasteiger charge is 2.25. The standard InChI is InChI=1S/C22H29O3SSi/c1-26(23,24)20-12-8-11-18-19(25-17-9-4-2-5-10-17)13-14-21(22(18)20)27-15-6-3-7-16-27/h8,11-14,17H,2-7,9-10,15-16H2,1H3. The number of hydrogen-bond acceptors (Lipinski definition) is 3. The van der Waals surface area contributed by atoms with E-state index in [1.54, 1.807) is 6.07 Å². The summed E-state index contributed by atoms with van der Waals surface area (Å²) in [5.74, 6) is 0.865. The van der Waals surface area contributed by atoms with Gasteiger partial charge in [-0.15, -0.1) is 0 Å². The van der Waals surface area contributed by atoms with Crippen molar-refractivity contribution < 1.29 is 13.2 Å². The second kappa shape index (κ2) is 7.96. The van der Waals surface area contributed by atoms with E-state index in [1.165, 1.54) is 62.1 Å². The molecule has 2 aromatic carbocycles. The molecule has 0 spiro atoms. The first-order valence-corrected chi connectivity index (χ1v) is 14.1. The Balaban J connectivity index is 1.84. The molecule has 2 fully saturated rings. The summed E-state index contributed by atoms with van der Waals surface area (Å²) in [7, 11) is -3.98. The normalized spacial score (nSPS) is 20.0. The monoisotopic (exact) mass is 401 g/mol. The Hall–Kier alpha value is -1.33. The van der Waals surface area contributed by atoms with Crippen molar-refractivity contribution in [2.45, 2.75) is 74.5 Å². The quantitative estimate of drug-likeness (QED) is 0.689. The molecular formula is C22H29O3SSi. The van der Waals surface area contributed by atoms with Crippen LogP contribution in [0.25, 0.3) is 10.8 Å². The highest BCUT2D eigenvalue weighted by molar-refractivity contribution is 7.91. The smallest absolute Gasteiger partial charge is 0.176 e. The zero-order valence-electron chi connectivity index (χ0n) is 16.2. The number of hydrogen-bond donors (Lipinski definition) is 0. The summed E-state index contributed by atoms with van der Waals surface area (Å²) in [5, 5.41) is 3.24. The van der Waals surface area contributed by atoms with E-state index in [4.69, 9.17) is 4.74 Å². The van der Waals surface area contributed by atoms with Gasteiger partial charge in [0.1, 0.15) is 5.75 Å². The van der Waals surface area contributed by atoms with Gasteiger partial charge < -0.3 is 4.74 Å². The zero-order chi connectivity index (χ0) is 18.9. The van der Waals surface area contributed by atoms with Crippen LogP contribution >= 0.6 is 0 Å². The van der Waals surface area contributed by atoms with Crippen molar-refractivity contribution in [1.29, 1.82) is 0 Å². The number of sulfone groups is 1. The molecule has 0 aromatic heterocycles. The molecule has 0 amide bonds. The molecule has 0 unspecified atom stereocenters. The van der Waals surface area contributed by atoms with Crippen LogP contribution < -0.4 is 9.92 Å². The molecule has 2 aliphatic rings. The van der Waals surface area contributed by atoms with E-state index < -0.39 is 18.6 Å². The molecule has 27 heavy (non-hydrogen) atoms. The van der Waals surface area contributed by atoms with Gasteiger partial charge in [0.2, 0.25) is 0 Å². The van der Waals surface area contributed by atoms with Gasteiger partial charge in [-0.05, 0) is 37.8 Å². The van der Waals surface area contributed by atoms with Gasteiger partial charge >= 0.3 is 0 Å². The Morgan fingerprint density at radius 1 is 0.926 bits per heavy atom. The maximum absolute atomic E-state index is 12.6. The van der Waals surface area contributed by atoms with Gasteiger partial charge in [-0.3, -0.25) is 0 Å². The maximum Gasteiger partial charge on any atom is 0.176 e. The van der Waals surface area contributed by atoms with Gasteiger partial charge in [0, 0.05) is 17.0 Å². The summed E-state index contributed by atoms with van der Waals surface area (Å²) in [6.45, 7) is 0. The van der Waals surface area contributed by atoms with Crippen molar-refractivity contribution in [3.8, 4) is 5.75 Å². The number of ether oxygens (including phenoxy) is 1. The molecule has 4 rings (SSSR count). The van der Waals surface area contributed by atoms with Crippen molar-refractivity contribution in [1.82, 2.24) is 0 Å². The van der Waals surface area contributed by atoms with Crippen LogP contribution in [0.5, 0.6) is 5.75 Å². The zero-order valence-corrected chi connectivity index (χ0v) is 18.0. The van der Waals surface area contributed by atoms with Crippen LogP contribution in [0.1, 0.15) is 51.4 Å². The molecule has 1 saturated carbocycles. The third-order valence-corrected chi connectivity index (χ3v) is 10.3. The molecule has 145 valence electrons. The lowest BCUT2D eigenvalue weighted by Crippen LogP contribution is -2.33. The largest absolute Gasteiger partial charge is 0.490 e. The van der Waals surface area contributed by atoms with Gasteiger partial charge in [-0.2, -0.15) is 0 Å². The van der Waals surface area contributed by atoms with Crippen LogP contribution in [-0.4, -0.2) is 29.6 Å². The molecule has 0 atom stereocenters. The molecule has 0 bridgehead atoms. The Morgan fingerprint density at radius 2 is 1.63 bits per heavy atom. The average molecular weight is 402 g/mol. The lowest BCUT2D eigenvalue weighted by atomic mass is 9.97. The maximum atomic E-state index is 12.6. The molecule has 1 aliphatic carbocycles. The van der Waals surface area contributed by atoms with E-state index in [-0.39, 0.29) is 6.10 Å². The Bertz CT molecular complexity index is 911. The highest BCUT2D eigenvalue weighted by Crippen LogP contribution is 2.33. The summed E-state index contributed by atoms with van der Waals surface area (Å²) in [4.78, 5) is 0.479. The highest BCUT2D eigenvalue weighted by atomic mass is 32.2. The number of fused-ring (bicyclic) bond motifs is 1.